The highest BCUT2D eigenvalue weighted by molar-refractivity contribution is 7.71. The van der Waals surface area contributed by atoms with Crippen molar-refractivity contribution in [2.75, 3.05) is 0 Å². The van der Waals surface area contributed by atoms with Crippen LogP contribution in [0.25, 0.3) is 0 Å². The first-order valence-electron chi connectivity index (χ1n) is 4.04. The van der Waals surface area contributed by atoms with Crippen molar-refractivity contribution in [2.45, 2.75) is 20.4 Å². The van der Waals surface area contributed by atoms with Crippen LogP contribution in [0.2, 0.25) is 0 Å². The summed E-state index contributed by atoms with van der Waals surface area (Å²) in [6.45, 7) is 4.66. The Bertz CT molecular complexity index is 364. The molecule has 72 valence electrons. The molecule has 1 heterocycles. The van der Waals surface area contributed by atoms with E-state index in [2.05, 4.69) is 4.98 Å². The Morgan fingerprint density at radius 1 is 1.77 bits per heavy atom. The number of aromatic carboxylic acids is 1. The van der Waals surface area contributed by atoms with Crippen LogP contribution in [0.5, 0.6) is 0 Å². The van der Waals surface area contributed by atoms with Gasteiger partial charge in [-0.25, -0.2) is 4.79 Å². The zero-order chi connectivity index (χ0) is 10.0. The molecule has 4 nitrogen and oxygen atoms in total. The van der Waals surface area contributed by atoms with E-state index in [4.69, 9.17) is 17.3 Å². The van der Waals surface area contributed by atoms with Gasteiger partial charge in [0, 0.05) is 12.7 Å². The quantitative estimate of drug-likeness (QED) is 0.733. The fourth-order valence-corrected chi connectivity index (χ4v) is 1.35. The molecule has 1 aromatic rings. The van der Waals surface area contributed by atoms with Crippen LogP contribution in [0.4, 0.5) is 0 Å². The average molecular weight is 200 g/mol. The van der Waals surface area contributed by atoms with Crippen molar-refractivity contribution in [3.05, 3.63) is 16.7 Å². The molecular weight excluding hydrogens is 188 g/mol. The average Bonchev–Trinajstić information content (AvgIpc) is 2.32. The minimum Gasteiger partial charge on any atom is -0.477 e. The smallest absolute Gasteiger partial charge is 0.354 e. The zero-order valence-electron chi connectivity index (χ0n) is 7.57. The number of hydrogen-bond donors (Lipinski definition) is 2. The number of rotatable bonds is 3. The van der Waals surface area contributed by atoms with Gasteiger partial charge in [-0.15, -0.1) is 0 Å². The van der Waals surface area contributed by atoms with E-state index in [1.54, 1.807) is 4.57 Å². The van der Waals surface area contributed by atoms with E-state index in [0.29, 0.717) is 17.2 Å². The minimum absolute atomic E-state index is 0.221. The largest absolute Gasteiger partial charge is 0.477 e. The highest BCUT2D eigenvalue weighted by atomic mass is 32.1. The molecule has 0 atom stereocenters. The molecule has 0 bridgehead atoms. The molecule has 0 aromatic carbocycles. The highest BCUT2D eigenvalue weighted by Gasteiger charge is 2.11. The highest BCUT2D eigenvalue weighted by Crippen LogP contribution is 2.06. The summed E-state index contributed by atoms with van der Waals surface area (Å²) in [7, 11) is 0. The molecule has 1 aromatic heterocycles. The van der Waals surface area contributed by atoms with Gasteiger partial charge in [0.15, 0.2) is 4.77 Å². The summed E-state index contributed by atoms with van der Waals surface area (Å²) in [5, 5.41) is 8.80. The summed E-state index contributed by atoms with van der Waals surface area (Å²) in [6.07, 6.45) is 1.42. The molecule has 0 saturated carbocycles. The predicted molar refractivity (Wildman–Crippen MR) is 51.4 cm³/mol. The topological polar surface area (TPSA) is 58.0 Å². The van der Waals surface area contributed by atoms with E-state index < -0.39 is 5.97 Å². The third-order valence-corrected chi connectivity index (χ3v) is 1.97. The Balaban J connectivity index is 3.09. The maximum atomic E-state index is 10.7. The van der Waals surface area contributed by atoms with E-state index >= 15 is 0 Å². The van der Waals surface area contributed by atoms with Crippen molar-refractivity contribution in [3.8, 4) is 0 Å². The van der Waals surface area contributed by atoms with Crippen molar-refractivity contribution in [2.24, 2.45) is 5.92 Å². The Morgan fingerprint density at radius 3 is 2.85 bits per heavy atom. The first kappa shape index (κ1) is 9.98. The van der Waals surface area contributed by atoms with Crippen molar-refractivity contribution in [1.29, 1.82) is 0 Å². The normalized spacial score (nSPS) is 10.7. The van der Waals surface area contributed by atoms with E-state index in [1.807, 2.05) is 13.8 Å². The van der Waals surface area contributed by atoms with Gasteiger partial charge in [-0.05, 0) is 18.1 Å². The fraction of sp³-hybridized carbons (Fsp3) is 0.500. The van der Waals surface area contributed by atoms with Crippen LogP contribution >= 0.6 is 12.2 Å². The summed E-state index contributed by atoms with van der Waals surface area (Å²) in [5.74, 6) is -0.575. The Kier molecular flexibility index (Phi) is 2.87. The molecule has 0 fully saturated rings. The maximum Gasteiger partial charge on any atom is 0.354 e. The lowest BCUT2D eigenvalue weighted by molar-refractivity contribution is 0.0684. The van der Waals surface area contributed by atoms with Gasteiger partial charge in [0.1, 0.15) is 5.69 Å². The first-order chi connectivity index (χ1) is 6.02. The second kappa shape index (κ2) is 3.74. The Hall–Kier alpha value is -1.10. The van der Waals surface area contributed by atoms with Gasteiger partial charge < -0.3 is 14.7 Å². The summed E-state index contributed by atoms with van der Waals surface area (Å²) < 4.78 is 2.06. The summed E-state index contributed by atoms with van der Waals surface area (Å²) >= 11 is 4.95. The number of nitrogens with zero attached hydrogens (tertiary/aromatic N) is 1. The van der Waals surface area contributed by atoms with Gasteiger partial charge in [-0.1, -0.05) is 13.8 Å². The molecule has 13 heavy (non-hydrogen) atoms. The van der Waals surface area contributed by atoms with Crippen LogP contribution in [0.1, 0.15) is 24.3 Å². The van der Waals surface area contributed by atoms with Gasteiger partial charge in [-0.3, -0.25) is 0 Å². The molecule has 2 N–H and O–H groups in total. The summed E-state index contributed by atoms with van der Waals surface area (Å²) in [4.78, 5) is 13.5. The van der Waals surface area contributed by atoms with Crippen LogP contribution in [0.15, 0.2) is 6.20 Å². The molecule has 0 spiro atoms. The lowest BCUT2D eigenvalue weighted by Crippen LogP contribution is -2.11. The van der Waals surface area contributed by atoms with E-state index in [9.17, 15) is 4.79 Å². The van der Waals surface area contributed by atoms with E-state index in [0.717, 1.165) is 0 Å². The molecule has 0 unspecified atom stereocenters. The van der Waals surface area contributed by atoms with Crippen LogP contribution in [0.3, 0.4) is 0 Å². The SMILES string of the molecule is CC(C)Cn1c(C(=O)O)c[nH]c1=S. The van der Waals surface area contributed by atoms with Gasteiger partial charge in [0.05, 0.1) is 0 Å². The van der Waals surface area contributed by atoms with Crippen LogP contribution in [0, 0.1) is 10.7 Å². The van der Waals surface area contributed by atoms with Gasteiger partial charge in [0.2, 0.25) is 0 Å². The third kappa shape index (κ3) is 2.18. The second-order valence-electron chi connectivity index (χ2n) is 3.29. The zero-order valence-corrected chi connectivity index (χ0v) is 8.39. The predicted octanol–water partition coefficient (Wildman–Crippen LogP) is 1.90. The van der Waals surface area contributed by atoms with Gasteiger partial charge >= 0.3 is 5.97 Å². The number of nitrogens with one attached hydrogen (secondary N) is 1. The lowest BCUT2D eigenvalue weighted by Gasteiger charge is -2.07. The van der Waals surface area contributed by atoms with Gasteiger partial charge in [0.25, 0.3) is 0 Å². The summed E-state index contributed by atoms with van der Waals surface area (Å²) in [5.41, 5.74) is 0.221. The molecule has 0 radical (unpaired) electrons. The minimum atomic E-state index is -0.951. The van der Waals surface area contributed by atoms with Crippen LogP contribution in [-0.4, -0.2) is 20.6 Å². The van der Waals surface area contributed by atoms with Crippen molar-refractivity contribution < 1.29 is 9.90 Å². The number of carbonyl (C=O) groups is 1. The fourth-order valence-electron chi connectivity index (χ4n) is 1.12. The van der Waals surface area contributed by atoms with Crippen molar-refractivity contribution >= 4 is 18.2 Å². The third-order valence-electron chi connectivity index (χ3n) is 1.64. The maximum absolute atomic E-state index is 10.7. The number of carboxylic acid groups (broad SMARTS) is 1. The summed E-state index contributed by atoms with van der Waals surface area (Å²) in [6, 6.07) is 0. The molecule has 0 saturated heterocycles. The van der Waals surface area contributed by atoms with E-state index in [-0.39, 0.29) is 5.69 Å². The number of aromatic amines is 1. The molecule has 5 heteroatoms. The van der Waals surface area contributed by atoms with Crippen LogP contribution in [-0.2, 0) is 6.54 Å². The number of aromatic nitrogens is 2. The van der Waals surface area contributed by atoms with Gasteiger partial charge in [-0.2, -0.15) is 0 Å². The monoisotopic (exact) mass is 200 g/mol. The molecule has 0 aliphatic carbocycles. The first-order valence-corrected chi connectivity index (χ1v) is 4.44. The lowest BCUT2D eigenvalue weighted by atomic mass is 10.2. The second-order valence-corrected chi connectivity index (χ2v) is 3.68. The van der Waals surface area contributed by atoms with Crippen molar-refractivity contribution in [1.82, 2.24) is 9.55 Å². The standard InChI is InChI=1S/C8H12N2O2S/c1-5(2)4-10-6(7(11)12)3-9-8(10)13/h3,5H,4H2,1-2H3,(H,9,13)(H,11,12). The number of carboxylic acids is 1. The number of hydrogen-bond acceptors (Lipinski definition) is 2. The molecular formula is C8H12N2O2S. The molecule has 1 rings (SSSR count). The number of H-pyrrole nitrogens is 1. The number of imidazole rings is 1. The van der Waals surface area contributed by atoms with Crippen LogP contribution < -0.4 is 0 Å². The van der Waals surface area contributed by atoms with E-state index in [1.165, 1.54) is 6.20 Å². The molecule has 0 amide bonds. The Labute approximate surface area is 81.2 Å². The molecule has 0 aliphatic rings. The Morgan fingerprint density at radius 2 is 2.38 bits per heavy atom. The van der Waals surface area contributed by atoms with Crippen molar-refractivity contribution in [3.63, 3.8) is 0 Å². The molecule has 0 aliphatic heterocycles.